The van der Waals surface area contributed by atoms with Crippen molar-refractivity contribution in [1.82, 2.24) is 9.80 Å². The lowest BCUT2D eigenvalue weighted by atomic mass is 10.0. The lowest BCUT2D eigenvalue weighted by Gasteiger charge is -2.35. The highest BCUT2D eigenvalue weighted by molar-refractivity contribution is 5.76. The fourth-order valence-corrected chi connectivity index (χ4v) is 3.14. The van der Waals surface area contributed by atoms with E-state index >= 15 is 0 Å². The number of benzene rings is 1. The number of hydrogen-bond donors (Lipinski definition) is 0. The first-order chi connectivity index (χ1) is 13.0. The van der Waals surface area contributed by atoms with E-state index < -0.39 is 23.5 Å². The van der Waals surface area contributed by atoms with E-state index in [0.29, 0.717) is 32.6 Å². The number of alkyl halides is 6. The summed E-state index contributed by atoms with van der Waals surface area (Å²) in [5, 5.41) is 0. The maximum atomic E-state index is 13.0. The highest BCUT2D eigenvalue weighted by atomic mass is 19.4. The van der Waals surface area contributed by atoms with Crippen LogP contribution in [0.4, 0.5) is 26.3 Å². The quantitative estimate of drug-likeness (QED) is 0.500. The molecule has 1 amide bonds. The van der Waals surface area contributed by atoms with Gasteiger partial charge in [-0.3, -0.25) is 9.69 Å². The summed E-state index contributed by atoms with van der Waals surface area (Å²) >= 11 is 0. The van der Waals surface area contributed by atoms with Crippen LogP contribution < -0.4 is 0 Å². The van der Waals surface area contributed by atoms with E-state index in [-0.39, 0.29) is 24.1 Å². The molecule has 157 valence electrons. The molecule has 0 spiro atoms. The number of piperazine rings is 1. The summed E-state index contributed by atoms with van der Waals surface area (Å²) in [5.41, 5.74) is -2.66. The van der Waals surface area contributed by atoms with E-state index in [9.17, 15) is 31.1 Å². The predicted octanol–water partition coefficient (Wildman–Crippen LogP) is 4.76. The topological polar surface area (TPSA) is 23.6 Å². The van der Waals surface area contributed by atoms with Gasteiger partial charge in [-0.15, -0.1) is 0 Å². The number of hydrogen-bond acceptors (Lipinski definition) is 2. The number of amides is 1. The first-order valence-electron chi connectivity index (χ1n) is 9.08. The third-order valence-electron chi connectivity index (χ3n) is 4.67. The van der Waals surface area contributed by atoms with E-state index in [0.717, 1.165) is 31.4 Å². The molecule has 0 bridgehead atoms. The van der Waals surface area contributed by atoms with Crippen molar-refractivity contribution in [3.63, 3.8) is 0 Å². The van der Waals surface area contributed by atoms with Crippen LogP contribution in [0.5, 0.6) is 0 Å². The summed E-state index contributed by atoms with van der Waals surface area (Å²) in [5.74, 6) is 0.0199. The first kappa shape index (κ1) is 22.5. The maximum absolute atomic E-state index is 13.0. The molecule has 1 radical (unpaired) electrons. The molecule has 0 aliphatic carbocycles. The molecule has 1 aliphatic heterocycles. The van der Waals surface area contributed by atoms with Crippen LogP contribution in [-0.4, -0.2) is 41.9 Å². The second kappa shape index (κ2) is 9.15. The Labute approximate surface area is 160 Å². The number of unbranched alkanes of at least 4 members (excludes halogenated alkanes) is 2. The SMILES string of the molecule is [CH2]CCCCC(=O)N1CCN(Cc2cc(C(F)(F)F)cc(C(F)(F)F)c2)CC1. The second-order valence-corrected chi connectivity index (χ2v) is 6.88. The highest BCUT2D eigenvalue weighted by Crippen LogP contribution is 2.36. The van der Waals surface area contributed by atoms with Crippen LogP contribution in [-0.2, 0) is 23.7 Å². The molecular weight excluding hydrogens is 386 g/mol. The predicted molar refractivity (Wildman–Crippen MR) is 92.1 cm³/mol. The molecule has 0 saturated carbocycles. The highest BCUT2D eigenvalue weighted by Gasteiger charge is 2.37. The molecule has 2 rings (SSSR count). The molecule has 3 nitrogen and oxygen atoms in total. The van der Waals surface area contributed by atoms with E-state index in [2.05, 4.69) is 6.92 Å². The zero-order valence-electron chi connectivity index (χ0n) is 15.4. The first-order valence-corrected chi connectivity index (χ1v) is 9.08. The van der Waals surface area contributed by atoms with Crippen molar-refractivity contribution in [1.29, 1.82) is 0 Å². The summed E-state index contributed by atoms with van der Waals surface area (Å²) in [6.45, 7) is 5.31. The Morgan fingerprint density at radius 3 is 1.89 bits per heavy atom. The number of carbonyl (C=O) groups excluding carboxylic acids is 1. The van der Waals surface area contributed by atoms with Gasteiger partial charge < -0.3 is 4.90 Å². The molecule has 1 fully saturated rings. The molecule has 0 aromatic heterocycles. The Morgan fingerprint density at radius 2 is 1.43 bits per heavy atom. The van der Waals surface area contributed by atoms with Crippen molar-refractivity contribution in [3.05, 3.63) is 41.8 Å². The van der Waals surface area contributed by atoms with Gasteiger partial charge in [-0.1, -0.05) is 19.8 Å². The van der Waals surface area contributed by atoms with Crippen LogP contribution in [0.1, 0.15) is 42.4 Å². The van der Waals surface area contributed by atoms with Crippen LogP contribution >= 0.6 is 0 Å². The molecule has 1 saturated heterocycles. The van der Waals surface area contributed by atoms with Crippen molar-refractivity contribution in [3.8, 4) is 0 Å². The smallest absolute Gasteiger partial charge is 0.340 e. The summed E-state index contributed by atoms with van der Waals surface area (Å²) in [6.07, 6.45) is -6.89. The number of halogens is 6. The standard InChI is InChI=1S/C19H23F6N2O/c1-2-3-4-5-17(28)27-8-6-26(7-9-27)13-14-10-15(18(20,21)22)12-16(11-14)19(23,24)25/h10-12H,1-9,13H2. The summed E-state index contributed by atoms with van der Waals surface area (Å²) in [4.78, 5) is 15.5. The number of nitrogens with zero attached hydrogens (tertiary/aromatic N) is 2. The third-order valence-corrected chi connectivity index (χ3v) is 4.67. The lowest BCUT2D eigenvalue weighted by molar-refractivity contribution is -0.143. The fourth-order valence-electron chi connectivity index (χ4n) is 3.14. The molecule has 1 aromatic carbocycles. The van der Waals surface area contributed by atoms with Gasteiger partial charge in [0.05, 0.1) is 11.1 Å². The number of rotatable bonds is 6. The van der Waals surface area contributed by atoms with Crippen LogP contribution in [0.2, 0.25) is 0 Å². The Balaban J connectivity index is 2.01. The normalized spacial score (nSPS) is 16.5. The molecule has 1 aromatic rings. The minimum absolute atomic E-state index is 0.0199. The molecule has 0 N–H and O–H groups in total. The molecule has 28 heavy (non-hydrogen) atoms. The van der Waals surface area contributed by atoms with Gasteiger partial charge in [0.15, 0.2) is 0 Å². The molecule has 1 aliphatic rings. The van der Waals surface area contributed by atoms with Crippen LogP contribution in [0, 0.1) is 6.92 Å². The van der Waals surface area contributed by atoms with Crippen molar-refractivity contribution < 1.29 is 31.1 Å². The molecular formula is C19H23F6N2O. The van der Waals surface area contributed by atoms with Crippen molar-refractivity contribution in [2.24, 2.45) is 0 Å². The van der Waals surface area contributed by atoms with Crippen molar-refractivity contribution >= 4 is 5.91 Å². The van der Waals surface area contributed by atoms with Gasteiger partial charge in [-0.2, -0.15) is 26.3 Å². The average molecular weight is 409 g/mol. The minimum Gasteiger partial charge on any atom is -0.340 e. The Bertz CT molecular complexity index is 631. The molecule has 9 heteroatoms. The van der Waals surface area contributed by atoms with E-state index in [4.69, 9.17) is 0 Å². The zero-order chi connectivity index (χ0) is 20.9. The van der Waals surface area contributed by atoms with Gasteiger partial charge in [-0.05, 0) is 30.2 Å². The Kier molecular flexibility index (Phi) is 7.36. The summed E-state index contributed by atoms with van der Waals surface area (Å²) in [6, 6.07) is 1.64. The molecule has 0 atom stereocenters. The van der Waals surface area contributed by atoms with E-state index in [1.807, 2.05) is 0 Å². The Morgan fingerprint density at radius 1 is 0.893 bits per heavy atom. The third kappa shape index (κ3) is 6.39. The minimum atomic E-state index is -4.85. The van der Waals surface area contributed by atoms with Crippen LogP contribution in [0.25, 0.3) is 0 Å². The van der Waals surface area contributed by atoms with Crippen molar-refractivity contribution in [2.45, 2.75) is 44.6 Å². The van der Waals surface area contributed by atoms with Gasteiger partial charge in [0.1, 0.15) is 0 Å². The van der Waals surface area contributed by atoms with E-state index in [1.54, 1.807) is 9.80 Å². The van der Waals surface area contributed by atoms with Crippen molar-refractivity contribution in [2.75, 3.05) is 26.2 Å². The summed E-state index contributed by atoms with van der Waals surface area (Å²) < 4.78 is 77.7. The lowest BCUT2D eigenvalue weighted by Crippen LogP contribution is -2.48. The van der Waals surface area contributed by atoms with Crippen LogP contribution in [0.3, 0.4) is 0 Å². The summed E-state index contributed by atoms with van der Waals surface area (Å²) in [7, 11) is 0. The zero-order valence-corrected chi connectivity index (χ0v) is 15.4. The average Bonchev–Trinajstić information content (AvgIpc) is 2.61. The Hall–Kier alpha value is -1.77. The largest absolute Gasteiger partial charge is 0.416 e. The van der Waals surface area contributed by atoms with Gasteiger partial charge >= 0.3 is 12.4 Å². The van der Waals surface area contributed by atoms with Gasteiger partial charge in [-0.25, -0.2) is 0 Å². The van der Waals surface area contributed by atoms with Gasteiger partial charge in [0.25, 0.3) is 0 Å². The number of carbonyl (C=O) groups is 1. The molecule has 0 unspecified atom stereocenters. The maximum Gasteiger partial charge on any atom is 0.416 e. The van der Waals surface area contributed by atoms with Crippen LogP contribution in [0.15, 0.2) is 18.2 Å². The second-order valence-electron chi connectivity index (χ2n) is 6.88. The molecule has 1 heterocycles. The fraction of sp³-hybridized carbons (Fsp3) is 0.579. The van der Waals surface area contributed by atoms with E-state index in [1.165, 1.54) is 0 Å². The van der Waals surface area contributed by atoms with Gasteiger partial charge in [0, 0.05) is 39.1 Å². The van der Waals surface area contributed by atoms with Gasteiger partial charge in [0.2, 0.25) is 5.91 Å². The monoisotopic (exact) mass is 409 g/mol.